The normalized spacial score (nSPS) is 11.7. The van der Waals surface area contributed by atoms with Gasteiger partial charge in [-0.1, -0.05) is 24.3 Å². The number of Topliss-reactive ketones (excluding diaryl/α,β-unsaturated/α-hetero) is 2. The van der Waals surface area contributed by atoms with Crippen LogP contribution >= 0.6 is 11.6 Å². The molecule has 1 aromatic rings. The third-order valence-electron chi connectivity index (χ3n) is 2.17. The van der Waals surface area contributed by atoms with Gasteiger partial charge in [-0.15, -0.1) is 11.6 Å². The summed E-state index contributed by atoms with van der Waals surface area (Å²) < 4.78 is 4.33. The van der Waals surface area contributed by atoms with E-state index in [1.165, 1.54) is 19.1 Å². The molecule has 5 heteroatoms. The zero-order chi connectivity index (χ0) is 13.0. The molecule has 0 aromatic heterocycles. The Morgan fingerprint density at radius 2 is 1.71 bits per heavy atom. The van der Waals surface area contributed by atoms with Crippen molar-refractivity contribution in [1.82, 2.24) is 0 Å². The summed E-state index contributed by atoms with van der Waals surface area (Å²) in [6, 6.07) is 6.01. The monoisotopic (exact) mass is 254 g/mol. The molecule has 1 atom stereocenters. The third kappa shape index (κ3) is 2.91. The zero-order valence-electron chi connectivity index (χ0n) is 9.40. The highest BCUT2D eigenvalue weighted by atomic mass is 35.5. The van der Waals surface area contributed by atoms with Crippen LogP contribution < -0.4 is 0 Å². The van der Waals surface area contributed by atoms with Crippen molar-refractivity contribution in [3.05, 3.63) is 35.4 Å². The summed E-state index contributed by atoms with van der Waals surface area (Å²) in [5.74, 6) is -2.26. The first-order chi connectivity index (χ1) is 7.99. The summed E-state index contributed by atoms with van der Waals surface area (Å²) in [7, 11) is 1.11. The molecule has 1 aromatic carbocycles. The molecule has 0 fully saturated rings. The van der Waals surface area contributed by atoms with Crippen LogP contribution in [0, 0.1) is 0 Å². The number of hydrogen-bond donors (Lipinski definition) is 0. The highest BCUT2D eigenvalue weighted by Gasteiger charge is 2.24. The molecule has 0 N–H and O–H groups in total. The van der Waals surface area contributed by atoms with Gasteiger partial charge in [-0.3, -0.25) is 9.59 Å². The zero-order valence-corrected chi connectivity index (χ0v) is 10.2. The Balaban J connectivity index is 3.21. The Morgan fingerprint density at radius 3 is 2.18 bits per heavy atom. The van der Waals surface area contributed by atoms with E-state index in [1.807, 2.05) is 0 Å². The predicted octanol–water partition coefficient (Wildman–Crippen LogP) is 1.85. The summed E-state index contributed by atoms with van der Waals surface area (Å²) in [4.78, 5) is 34.5. The third-order valence-corrected chi connectivity index (χ3v) is 2.37. The molecule has 0 spiro atoms. The Kier molecular flexibility index (Phi) is 4.40. The Labute approximate surface area is 104 Å². The van der Waals surface area contributed by atoms with Crippen molar-refractivity contribution in [3.8, 4) is 0 Å². The van der Waals surface area contributed by atoms with E-state index in [2.05, 4.69) is 4.74 Å². The summed E-state index contributed by atoms with van der Waals surface area (Å²) in [6.07, 6.45) is 0. The first-order valence-electron chi connectivity index (χ1n) is 4.89. The van der Waals surface area contributed by atoms with Gasteiger partial charge in [0.25, 0.3) is 5.78 Å². The van der Waals surface area contributed by atoms with Crippen molar-refractivity contribution in [2.45, 2.75) is 12.3 Å². The Morgan fingerprint density at radius 1 is 1.18 bits per heavy atom. The SMILES string of the molecule is COC(=O)C(=O)c1ccccc1C(=O)C(C)Cl. The fourth-order valence-corrected chi connectivity index (χ4v) is 1.43. The van der Waals surface area contributed by atoms with Crippen LogP contribution in [0.4, 0.5) is 0 Å². The van der Waals surface area contributed by atoms with Crippen LogP contribution in [0.1, 0.15) is 27.6 Å². The number of methoxy groups -OCH3 is 1. The molecule has 0 radical (unpaired) electrons. The number of carbonyl (C=O) groups excluding carboxylic acids is 3. The largest absolute Gasteiger partial charge is 0.463 e. The van der Waals surface area contributed by atoms with Crippen molar-refractivity contribution in [3.63, 3.8) is 0 Å². The highest BCUT2D eigenvalue weighted by Crippen LogP contribution is 2.15. The molecule has 1 rings (SSSR count). The second kappa shape index (κ2) is 5.59. The molecule has 0 aliphatic rings. The number of benzene rings is 1. The smallest absolute Gasteiger partial charge is 0.379 e. The van der Waals surface area contributed by atoms with Gasteiger partial charge in [0.05, 0.1) is 12.5 Å². The van der Waals surface area contributed by atoms with Crippen molar-refractivity contribution < 1.29 is 19.1 Å². The summed E-state index contributed by atoms with van der Waals surface area (Å²) in [5, 5.41) is -0.762. The van der Waals surface area contributed by atoms with Crippen LogP contribution in [0.3, 0.4) is 0 Å². The van der Waals surface area contributed by atoms with Gasteiger partial charge in [-0.05, 0) is 6.92 Å². The van der Waals surface area contributed by atoms with Crippen LogP contribution in [-0.4, -0.2) is 30.0 Å². The first kappa shape index (κ1) is 13.4. The Hall–Kier alpha value is -1.68. The number of ether oxygens (including phenoxy) is 1. The maximum Gasteiger partial charge on any atom is 0.379 e. The number of halogens is 1. The van der Waals surface area contributed by atoms with Gasteiger partial charge < -0.3 is 4.74 Å². The molecule has 90 valence electrons. The van der Waals surface area contributed by atoms with Gasteiger partial charge in [-0.25, -0.2) is 4.79 Å². The number of carbonyl (C=O) groups is 3. The minimum Gasteiger partial charge on any atom is -0.463 e. The number of ketones is 2. The lowest BCUT2D eigenvalue weighted by Gasteiger charge is -2.07. The summed E-state index contributed by atoms with van der Waals surface area (Å²) >= 11 is 5.68. The van der Waals surface area contributed by atoms with Gasteiger partial charge in [0.1, 0.15) is 0 Å². The van der Waals surface area contributed by atoms with Crippen molar-refractivity contribution in [2.24, 2.45) is 0 Å². The van der Waals surface area contributed by atoms with E-state index in [1.54, 1.807) is 12.1 Å². The highest BCUT2D eigenvalue weighted by molar-refractivity contribution is 6.43. The van der Waals surface area contributed by atoms with Gasteiger partial charge in [0.15, 0.2) is 5.78 Å². The average Bonchev–Trinajstić information content (AvgIpc) is 2.35. The molecule has 0 aliphatic heterocycles. The second-order valence-electron chi connectivity index (χ2n) is 3.35. The first-order valence-corrected chi connectivity index (χ1v) is 5.32. The maximum absolute atomic E-state index is 11.7. The van der Waals surface area contributed by atoms with Gasteiger partial charge in [-0.2, -0.15) is 0 Å². The van der Waals surface area contributed by atoms with Crippen molar-refractivity contribution in [2.75, 3.05) is 7.11 Å². The Bertz CT molecular complexity index is 465. The number of esters is 1. The van der Waals surface area contributed by atoms with E-state index in [-0.39, 0.29) is 11.1 Å². The van der Waals surface area contributed by atoms with Crippen LogP contribution in [0.15, 0.2) is 24.3 Å². The number of rotatable bonds is 4. The second-order valence-corrected chi connectivity index (χ2v) is 4.00. The van der Waals surface area contributed by atoms with Crippen LogP contribution in [0.5, 0.6) is 0 Å². The molecule has 0 saturated heterocycles. The van der Waals surface area contributed by atoms with Crippen molar-refractivity contribution in [1.29, 1.82) is 0 Å². The minimum absolute atomic E-state index is 0.0110. The lowest BCUT2D eigenvalue weighted by Crippen LogP contribution is -2.21. The molecule has 0 heterocycles. The van der Waals surface area contributed by atoms with Gasteiger partial charge in [0, 0.05) is 11.1 Å². The molecule has 17 heavy (non-hydrogen) atoms. The van der Waals surface area contributed by atoms with E-state index >= 15 is 0 Å². The fraction of sp³-hybridized carbons (Fsp3) is 0.250. The van der Waals surface area contributed by atoms with Gasteiger partial charge in [0.2, 0.25) is 0 Å². The molecular formula is C12H11ClO4. The molecule has 4 nitrogen and oxygen atoms in total. The molecule has 0 bridgehead atoms. The average molecular weight is 255 g/mol. The molecular weight excluding hydrogens is 244 g/mol. The standard InChI is InChI=1S/C12H11ClO4/c1-7(13)10(14)8-5-3-4-6-9(8)11(15)12(16)17-2/h3-7H,1-2H3. The lowest BCUT2D eigenvalue weighted by molar-refractivity contribution is -0.135. The summed E-state index contributed by atoms with van der Waals surface area (Å²) in [5.41, 5.74) is 0.141. The van der Waals surface area contributed by atoms with E-state index in [4.69, 9.17) is 11.6 Å². The minimum atomic E-state index is -1.01. The fourth-order valence-electron chi connectivity index (χ4n) is 1.31. The predicted molar refractivity (Wildman–Crippen MR) is 62.4 cm³/mol. The van der Waals surface area contributed by atoms with Crippen LogP contribution in [0.25, 0.3) is 0 Å². The lowest BCUT2D eigenvalue weighted by atomic mass is 9.99. The summed E-state index contributed by atoms with van der Waals surface area (Å²) in [6.45, 7) is 1.50. The van der Waals surface area contributed by atoms with Crippen molar-refractivity contribution >= 4 is 29.1 Å². The van der Waals surface area contributed by atoms with E-state index < -0.39 is 22.9 Å². The van der Waals surface area contributed by atoms with E-state index in [0.29, 0.717) is 0 Å². The molecule has 0 aliphatic carbocycles. The number of alkyl halides is 1. The molecule has 0 amide bonds. The molecule has 0 saturated carbocycles. The molecule has 1 unspecified atom stereocenters. The quantitative estimate of drug-likeness (QED) is 0.356. The van der Waals surface area contributed by atoms with Crippen LogP contribution in [-0.2, 0) is 9.53 Å². The number of hydrogen-bond acceptors (Lipinski definition) is 4. The topological polar surface area (TPSA) is 60.4 Å². The van der Waals surface area contributed by atoms with E-state index in [9.17, 15) is 14.4 Å². The van der Waals surface area contributed by atoms with Crippen LogP contribution in [0.2, 0.25) is 0 Å². The van der Waals surface area contributed by atoms with Gasteiger partial charge >= 0.3 is 5.97 Å². The maximum atomic E-state index is 11.7. The van der Waals surface area contributed by atoms with E-state index in [0.717, 1.165) is 7.11 Å².